The fourth-order valence-electron chi connectivity index (χ4n) is 4.02. The van der Waals surface area contributed by atoms with E-state index in [9.17, 15) is 9.90 Å². The average molecular weight is 423 g/mol. The number of aromatic nitrogens is 1. The molecule has 2 heterocycles. The highest BCUT2D eigenvalue weighted by Gasteiger charge is 2.24. The summed E-state index contributed by atoms with van der Waals surface area (Å²) in [7, 11) is 0. The highest BCUT2D eigenvalue weighted by molar-refractivity contribution is 6.32. The summed E-state index contributed by atoms with van der Waals surface area (Å²) < 4.78 is 5.09. The van der Waals surface area contributed by atoms with Crippen LogP contribution in [0.15, 0.2) is 51.7 Å². The van der Waals surface area contributed by atoms with Crippen molar-refractivity contribution in [3.05, 3.63) is 69.2 Å². The number of rotatable bonds is 5. The molecule has 4 rings (SSSR count). The predicted octanol–water partition coefficient (Wildman–Crippen LogP) is 4.18. The third kappa shape index (κ3) is 4.78. The molecule has 1 fully saturated rings. The summed E-state index contributed by atoms with van der Waals surface area (Å²) in [6, 6.07) is 13.8. The number of hydrogen-bond donors (Lipinski definition) is 2. The number of halogens is 2. The minimum Gasteiger partial charge on any atom is -0.408 e. The van der Waals surface area contributed by atoms with Gasteiger partial charge in [0.15, 0.2) is 5.58 Å². The summed E-state index contributed by atoms with van der Waals surface area (Å²) in [5.41, 5.74) is 2.92. The highest BCUT2D eigenvalue weighted by atomic mass is 35.5. The second-order valence-corrected chi connectivity index (χ2v) is 7.76. The van der Waals surface area contributed by atoms with Crippen molar-refractivity contribution >= 4 is 35.1 Å². The first-order valence-corrected chi connectivity index (χ1v) is 9.73. The number of oxazole rings is 1. The van der Waals surface area contributed by atoms with Crippen molar-refractivity contribution in [3.8, 4) is 0 Å². The third-order valence-electron chi connectivity index (χ3n) is 5.30. The third-order valence-corrected chi connectivity index (χ3v) is 5.63. The van der Waals surface area contributed by atoms with Gasteiger partial charge in [-0.3, -0.25) is 4.98 Å². The van der Waals surface area contributed by atoms with Crippen molar-refractivity contribution < 1.29 is 9.52 Å². The van der Waals surface area contributed by atoms with Gasteiger partial charge in [0.2, 0.25) is 0 Å². The van der Waals surface area contributed by atoms with Crippen molar-refractivity contribution in [3.63, 3.8) is 0 Å². The molecule has 2 aromatic carbocycles. The van der Waals surface area contributed by atoms with Gasteiger partial charge >= 0.3 is 5.76 Å². The van der Waals surface area contributed by atoms with Crippen molar-refractivity contribution in [1.29, 1.82) is 0 Å². The van der Waals surface area contributed by atoms with E-state index in [4.69, 9.17) is 16.0 Å². The van der Waals surface area contributed by atoms with Gasteiger partial charge in [-0.15, -0.1) is 12.4 Å². The molecule has 1 aliphatic heterocycles. The predicted molar refractivity (Wildman–Crippen MR) is 113 cm³/mol. The van der Waals surface area contributed by atoms with E-state index in [2.05, 4.69) is 34.1 Å². The maximum Gasteiger partial charge on any atom is 0.417 e. The molecule has 1 aliphatic rings. The molecule has 2 N–H and O–H groups in total. The van der Waals surface area contributed by atoms with Crippen LogP contribution in [-0.2, 0) is 6.42 Å². The molecular formula is C21H24Cl2N2O3. The number of hydrogen-bond acceptors (Lipinski definition) is 4. The summed E-state index contributed by atoms with van der Waals surface area (Å²) in [4.78, 5) is 16.2. The van der Waals surface area contributed by atoms with Crippen LogP contribution < -0.4 is 5.76 Å². The molecule has 0 aliphatic carbocycles. The second kappa shape index (κ2) is 9.14. The molecule has 0 spiro atoms. The van der Waals surface area contributed by atoms with Crippen LogP contribution in [-0.4, -0.2) is 34.6 Å². The van der Waals surface area contributed by atoms with E-state index in [1.807, 2.05) is 6.07 Å². The Morgan fingerprint density at radius 2 is 2.07 bits per heavy atom. The highest BCUT2D eigenvalue weighted by Crippen LogP contribution is 2.29. The Morgan fingerprint density at radius 1 is 1.29 bits per heavy atom. The van der Waals surface area contributed by atoms with E-state index in [1.165, 1.54) is 12.0 Å². The average Bonchev–Trinajstić information content (AvgIpc) is 3.01. The lowest BCUT2D eigenvalue weighted by Gasteiger charge is -2.34. The van der Waals surface area contributed by atoms with E-state index in [0.29, 0.717) is 34.1 Å². The van der Waals surface area contributed by atoms with Gasteiger partial charge in [-0.25, -0.2) is 4.79 Å². The van der Waals surface area contributed by atoms with Gasteiger partial charge in [-0.2, -0.15) is 0 Å². The van der Waals surface area contributed by atoms with Crippen LogP contribution in [0, 0.1) is 5.92 Å². The zero-order valence-corrected chi connectivity index (χ0v) is 17.0. The largest absolute Gasteiger partial charge is 0.417 e. The fraction of sp³-hybridized carbons (Fsp3) is 0.381. The first-order valence-electron chi connectivity index (χ1n) is 9.35. The zero-order valence-electron chi connectivity index (χ0n) is 15.4. The van der Waals surface area contributed by atoms with Gasteiger partial charge in [0, 0.05) is 23.7 Å². The molecule has 0 saturated carbocycles. The quantitative estimate of drug-likeness (QED) is 0.646. The van der Waals surface area contributed by atoms with Gasteiger partial charge in [-0.05, 0) is 49.4 Å². The molecule has 3 aromatic rings. The van der Waals surface area contributed by atoms with Crippen molar-refractivity contribution in [2.75, 3.05) is 19.6 Å². The number of likely N-dealkylation sites (tertiary alicyclic amines) is 1. The lowest BCUT2D eigenvalue weighted by atomic mass is 9.91. The van der Waals surface area contributed by atoms with E-state index in [1.54, 1.807) is 12.1 Å². The summed E-state index contributed by atoms with van der Waals surface area (Å²) >= 11 is 6.32. The van der Waals surface area contributed by atoms with E-state index in [-0.39, 0.29) is 12.4 Å². The topological polar surface area (TPSA) is 69.5 Å². The molecule has 2 atom stereocenters. The number of H-pyrrole nitrogens is 1. The minimum atomic E-state index is -0.724. The molecule has 28 heavy (non-hydrogen) atoms. The molecule has 7 heteroatoms. The number of fused-ring (bicyclic) bond motifs is 1. The lowest BCUT2D eigenvalue weighted by Crippen LogP contribution is -2.38. The summed E-state index contributed by atoms with van der Waals surface area (Å²) in [5.74, 6) is 0.0708. The van der Waals surface area contributed by atoms with Crippen LogP contribution in [0.5, 0.6) is 0 Å². The number of aromatic amines is 1. The summed E-state index contributed by atoms with van der Waals surface area (Å²) in [5, 5.41) is 11.2. The van der Waals surface area contributed by atoms with Gasteiger partial charge < -0.3 is 14.4 Å². The Morgan fingerprint density at radius 3 is 2.86 bits per heavy atom. The molecule has 150 valence electrons. The summed E-state index contributed by atoms with van der Waals surface area (Å²) in [6.07, 6.45) is 2.68. The van der Waals surface area contributed by atoms with Crippen LogP contribution in [0.3, 0.4) is 0 Å². The number of aliphatic hydroxyl groups is 1. The number of benzene rings is 2. The monoisotopic (exact) mass is 422 g/mol. The van der Waals surface area contributed by atoms with E-state index >= 15 is 0 Å². The Balaban J connectivity index is 0.00000225. The van der Waals surface area contributed by atoms with Gasteiger partial charge in [-0.1, -0.05) is 41.9 Å². The first kappa shape index (κ1) is 20.9. The minimum absolute atomic E-state index is 0. The smallest absolute Gasteiger partial charge is 0.408 e. The van der Waals surface area contributed by atoms with Crippen LogP contribution in [0.4, 0.5) is 0 Å². The van der Waals surface area contributed by atoms with Crippen LogP contribution in [0.2, 0.25) is 5.02 Å². The van der Waals surface area contributed by atoms with Gasteiger partial charge in [0.25, 0.3) is 0 Å². The van der Waals surface area contributed by atoms with Crippen molar-refractivity contribution in [2.45, 2.75) is 25.4 Å². The number of piperidine rings is 1. The van der Waals surface area contributed by atoms with Crippen molar-refractivity contribution in [2.24, 2.45) is 5.92 Å². The van der Waals surface area contributed by atoms with Gasteiger partial charge in [0.1, 0.15) is 0 Å². The normalized spacial score (nSPS) is 18.7. The number of aliphatic hydroxyl groups excluding tert-OH is 1. The molecule has 1 unspecified atom stereocenters. The Kier molecular flexibility index (Phi) is 6.83. The second-order valence-electron chi connectivity index (χ2n) is 7.36. The van der Waals surface area contributed by atoms with Crippen LogP contribution >= 0.6 is 24.0 Å². The van der Waals surface area contributed by atoms with Crippen molar-refractivity contribution in [1.82, 2.24) is 9.88 Å². The Bertz CT molecular complexity index is 971. The molecule has 1 aromatic heterocycles. The molecular weight excluding hydrogens is 399 g/mol. The molecule has 1 saturated heterocycles. The SMILES string of the molecule is Cl.O=c1[nH]c2cc(Cl)c(C(O)CN3CCC[C@H](Cc4ccccc4)C3)cc2o1. The van der Waals surface area contributed by atoms with E-state index in [0.717, 1.165) is 25.9 Å². The standard InChI is InChI=1S/C21H23ClN2O3.ClH/c22-17-11-18-20(27-21(26)23-18)10-16(17)19(25)13-24-8-4-7-15(12-24)9-14-5-2-1-3-6-14;/h1-3,5-6,10-11,15,19,25H,4,7-9,12-13H2,(H,23,26);1H/t15-,19?;/m1./s1. The maximum absolute atomic E-state index is 11.3. The van der Waals surface area contributed by atoms with Gasteiger partial charge in [0.05, 0.1) is 11.6 Å². The summed E-state index contributed by atoms with van der Waals surface area (Å²) in [6.45, 7) is 2.46. The first-order chi connectivity index (χ1) is 13.1. The maximum atomic E-state index is 11.3. The van der Waals surface area contributed by atoms with E-state index < -0.39 is 11.9 Å². The lowest BCUT2D eigenvalue weighted by molar-refractivity contribution is 0.0845. The zero-order chi connectivity index (χ0) is 18.8. The fourth-order valence-corrected chi connectivity index (χ4v) is 4.31. The number of nitrogens with one attached hydrogen (secondary N) is 1. The molecule has 0 radical (unpaired) electrons. The molecule has 0 bridgehead atoms. The molecule has 5 nitrogen and oxygen atoms in total. The molecule has 0 amide bonds. The van der Waals surface area contributed by atoms with Crippen LogP contribution in [0.25, 0.3) is 11.1 Å². The van der Waals surface area contributed by atoms with Crippen LogP contribution in [0.1, 0.15) is 30.1 Å². The Labute approximate surface area is 174 Å². The number of β-amino-alcohol motifs (C(OH)–C–C–N with tert-alkyl or cyclic N) is 1. The Hall–Kier alpha value is -1.79. The number of nitrogens with zero attached hydrogens (tertiary/aromatic N) is 1.